The second-order valence-corrected chi connectivity index (χ2v) is 37.8. The van der Waals surface area contributed by atoms with Crippen LogP contribution >= 0.6 is 0 Å². The van der Waals surface area contributed by atoms with Crippen molar-refractivity contribution in [3.05, 3.63) is 212 Å². The van der Waals surface area contributed by atoms with Crippen molar-refractivity contribution in [2.45, 2.75) is 181 Å². The van der Waals surface area contributed by atoms with Gasteiger partial charge >= 0.3 is 0 Å². The molecule has 142 heavy (non-hydrogen) atoms. The number of aliphatic hydroxyl groups excluding tert-OH is 4. The molecule has 724 valence electrons. The topological polar surface area (TPSA) is 558 Å². The number of fused-ring (bicyclic) bond motifs is 12. The second kappa shape index (κ2) is 38.2. The molecule has 0 saturated heterocycles. The van der Waals surface area contributed by atoms with Crippen molar-refractivity contribution in [2.75, 3.05) is 84.5 Å². The fraction of sp³-hybridized carbons (Fsp3) is 0.333. The zero-order chi connectivity index (χ0) is 98.2. The van der Waals surface area contributed by atoms with E-state index in [1.807, 2.05) is 112 Å². The van der Waals surface area contributed by atoms with Gasteiger partial charge in [-0.2, -0.15) is 20.4 Å². The SMILES string of the molecule is Cc1c(-c2cc3cc(Nc4cc5n(n4)CC(=O)N(C)CC5)ncc3c(N)n2)cnc2c1C[C@@H](O)CC2.Cc1c(-c2cc3cc(Nc4cc5n(n4)CC(=O)N(C)CC5)ncc3c(N)n2)cnc2c1C[C@H](O)CC2.Cc1c(-c2cc3cc(Nc4cc5n(n4)CC(=O)NCC5)ncc3c(N)n2)cnc2c1C[C@@H](O)CC2.Cc1c(-c2cc3cc(Nc4cc5n(n4)CC(=O)NCC5)ncc3c(N)n2)cnc2c1C[C@H](O)CC2. The standard InChI is InChI=1S/2C26H28N8O2.2C25H26N8O2/c2*1-14-18-10-17(35)3-4-21(18)28-11-19(14)22-7-15-8-23(29-12-20(15)26(27)30-22)31-24-9-16-5-6-33(2)25(36)13-34(16)32-24;2*1-13-17-9-16(34)2-3-20(17)28-10-18(13)21-6-14-7-22(29-11-19(14)25(26)30-21)31-23-8-15-4-5-27-24(35)12-33(15)32-23/h2*7-9,11-12,17,35H,3-6,10,13H2,1-2H3,(H2,27,30)(H,29,31,32);2*6-8,10-11,16,34H,2-5,9,12H2,1H3,(H2,26,30)(H,27,35)(H,29,31,32)/t2*17-;2*16-/m1010/s1. The Kier molecular flexibility index (Phi) is 24.8. The van der Waals surface area contributed by atoms with Crippen molar-refractivity contribution < 1.29 is 39.6 Å². The van der Waals surface area contributed by atoms with E-state index in [1.165, 1.54) is 0 Å². The number of pyridine rings is 12. The minimum atomic E-state index is -0.334. The molecule has 0 fully saturated rings. The van der Waals surface area contributed by atoms with Crippen molar-refractivity contribution in [3.63, 3.8) is 0 Å². The van der Waals surface area contributed by atoms with E-state index in [0.717, 1.165) is 255 Å². The number of rotatable bonds is 12. The largest absolute Gasteiger partial charge is 0.393 e. The van der Waals surface area contributed by atoms with Crippen LogP contribution in [0.3, 0.4) is 0 Å². The molecular weight excluding hydrogens is 1800 g/mol. The van der Waals surface area contributed by atoms with Gasteiger partial charge in [-0.3, -0.25) is 57.8 Å². The van der Waals surface area contributed by atoms with E-state index in [4.69, 9.17) is 22.9 Å². The molecule has 0 saturated carbocycles. The van der Waals surface area contributed by atoms with Gasteiger partial charge in [-0.1, -0.05) is 0 Å². The minimum Gasteiger partial charge on any atom is -0.393 e. The van der Waals surface area contributed by atoms with E-state index in [2.05, 4.69) is 140 Å². The first-order chi connectivity index (χ1) is 68.6. The zero-order valence-electron chi connectivity index (χ0n) is 79.4. The summed E-state index contributed by atoms with van der Waals surface area (Å²) in [6.45, 7) is 11.6. The van der Waals surface area contributed by atoms with Crippen molar-refractivity contribution in [3.8, 4) is 45.0 Å². The Bertz CT molecular complexity index is 7330. The average Bonchev–Trinajstić information content (AvgIpc) is 1.26. The van der Waals surface area contributed by atoms with E-state index in [9.17, 15) is 39.6 Å². The first kappa shape index (κ1) is 92.2. The summed E-state index contributed by atoms with van der Waals surface area (Å²) in [6.07, 6.45) is 24.4. The number of aryl methyl sites for hydroxylation is 4. The maximum atomic E-state index is 12.2. The third kappa shape index (κ3) is 19.0. The Hall–Kier alpha value is -16.2. The molecule has 0 unspecified atom stereocenters. The van der Waals surface area contributed by atoms with Gasteiger partial charge in [0.2, 0.25) is 23.6 Å². The molecule has 24 rings (SSSR count). The molecule has 0 bridgehead atoms. The summed E-state index contributed by atoms with van der Waals surface area (Å²) in [5, 5.41) is 84.1. The molecule has 0 spiro atoms. The molecule has 16 aromatic rings. The number of nitrogens with one attached hydrogen (secondary N) is 6. The van der Waals surface area contributed by atoms with E-state index >= 15 is 0 Å². The molecule has 0 radical (unpaired) electrons. The molecule has 40 nitrogen and oxygen atoms in total. The smallest absolute Gasteiger partial charge is 0.244 e. The number of likely N-dealkylation sites (N-methyl/N-ethyl adjacent to an activating group) is 2. The normalized spacial score (nSPS) is 17.5. The molecule has 8 aliphatic rings. The predicted octanol–water partition coefficient (Wildman–Crippen LogP) is 8.86. The highest BCUT2D eigenvalue weighted by Crippen LogP contribution is 2.41. The summed E-state index contributed by atoms with van der Waals surface area (Å²) in [4.78, 5) is 107. The third-order valence-electron chi connectivity index (χ3n) is 28.2. The van der Waals surface area contributed by atoms with Crippen molar-refractivity contribution in [1.82, 2.24) is 119 Å². The Morgan fingerprint density at radius 3 is 0.838 bits per heavy atom. The number of aromatic nitrogens is 20. The number of anilines is 12. The van der Waals surface area contributed by atoms with Crippen LogP contribution in [0, 0.1) is 27.7 Å². The summed E-state index contributed by atoms with van der Waals surface area (Å²) in [5.74, 6) is 6.64. The van der Waals surface area contributed by atoms with E-state index in [1.54, 1.807) is 53.3 Å². The highest BCUT2D eigenvalue weighted by molar-refractivity contribution is 5.99. The summed E-state index contributed by atoms with van der Waals surface area (Å²) in [5.41, 5.74) is 48.8. The Balaban J connectivity index is 0.000000112. The molecular formula is C102H108N32O8. The lowest BCUT2D eigenvalue weighted by atomic mass is 9.88. The van der Waals surface area contributed by atoms with E-state index < -0.39 is 0 Å². The van der Waals surface area contributed by atoms with E-state index in [-0.39, 0.29) is 74.2 Å². The number of hydrogen-bond donors (Lipinski definition) is 14. The maximum absolute atomic E-state index is 12.2. The van der Waals surface area contributed by atoms with Gasteiger partial charge in [-0.15, -0.1) is 0 Å². The fourth-order valence-corrected chi connectivity index (χ4v) is 20.1. The van der Waals surface area contributed by atoms with Gasteiger partial charge in [-0.05, 0) is 194 Å². The summed E-state index contributed by atoms with van der Waals surface area (Å²) in [7, 11) is 3.62. The summed E-state index contributed by atoms with van der Waals surface area (Å²) >= 11 is 0. The number of amides is 4. The van der Waals surface area contributed by atoms with Crippen LogP contribution in [0.4, 0.5) is 69.8 Å². The number of nitrogens with zero attached hydrogens (tertiary/aromatic N) is 22. The number of carbonyl (C=O) groups excluding carboxylic acids is 4. The predicted molar refractivity (Wildman–Crippen MR) is 538 cm³/mol. The molecule has 4 aliphatic heterocycles. The van der Waals surface area contributed by atoms with Gasteiger partial charge in [0.1, 0.15) is 72.7 Å². The van der Waals surface area contributed by atoms with Crippen LogP contribution in [-0.4, -0.2) is 217 Å². The lowest BCUT2D eigenvalue weighted by Gasteiger charge is -2.23. The van der Waals surface area contributed by atoms with Crippen LogP contribution in [0.15, 0.2) is 122 Å². The molecule has 40 heteroatoms. The molecule has 18 N–H and O–H groups in total. The number of nitrogens with two attached hydrogens (primary N) is 4. The van der Waals surface area contributed by atoms with Crippen LogP contribution in [0.1, 0.15) is 116 Å². The average molecular weight is 1910 g/mol. The molecule has 20 heterocycles. The first-order valence-corrected chi connectivity index (χ1v) is 47.8. The third-order valence-corrected chi connectivity index (χ3v) is 28.2. The highest BCUT2D eigenvalue weighted by Gasteiger charge is 2.31. The number of nitrogen functional groups attached to an aromatic ring is 4. The van der Waals surface area contributed by atoms with Gasteiger partial charge in [0.25, 0.3) is 0 Å². The molecule has 0 aromatic carbocycles. The minimum absolute atomic E-state index is 0.0424. The van der Waals surface area contributed by atoms with Gasteiger partial charge < -0.3 is 85.1 Å². The second-order valence-electron chi connectivity index (χ2n) is 37.8. The van der Waals surface area contributed by atoms with Gasteiger partial charge in [0.05, 0.1) is 47.2 Å². The number of hydrogen-bond acceptors (Lipinski definition) is 32. The zero-order valence-corrected chi connectivity index (χ0v) is 79.4. The van der Waals surface area contributed by atoms with Gasteiger partial charge in [0, 0.05) is 255 Å². The Morgan fingerprint density at radius 1 is 0.317 bits per heavy atom. The van der Waals surface area contributed by atoms with Crippen LogP contribution < -0.4 is 54.8 Å². The molecule has 4 atom stereocenters. The maximum Gasteiger partial charge on any atom is 0.244 e. The molecule has 4 aliphatic carbocycles. The number of carbonyl (C=O) groups is 4. The van der Waals surface area contributed by atoms with Crippen LogP contribution in [0.5, 0.6) is 0 Å². The monoisotopic (exact) mass is 1910 g/mol. The quantitative estimate of drug-likeness (QED) is 0.0542. The lowest BCUT2D eigenvalue weighted by molar-refractivity contribution is -0.131. The van der Waals surface area contributed by atoms with Crippen molar-refractivity contribution >= 4 is 137 Å². The summed E-state index contributed by atoms with van der Waals surface area (Å²) < 4.78 is 6.93. The molecule has 4 amide bonds. The summed E-state index contributed by atoms with van der Waals surface area (Å²) in [6, 6.07) is 23.4. The van der Waals surface area contributed by atoms with E-state index in [0.29, 0.717) is 122 Å². The molecule has 16 aromatic heterocycles. The van der Waals surface area contributed by atoms with Crippen LogP contribution in [0.25, 0.3) is 88.1 Å². The lowest BCUT2D eigenvalue weighted by Crippen LogP contribution is -2.29. The highest BCUT2D eigenvalue weighted by atomic mass is 16.3. The van der Waals surface area contributed by atoms with Crippen LogP contribution in [-0.2, 0) is 122 Å². The van der Waals surface area contributed by atoms with Crippen molar-refractivity contribution in [1.29, 1.82) is 0 Å². The van der Waals surface area contributed by atoms with Crippen LogP contribution in [0.2, 0.25) is 0 Å². The fourth-order valence-electron chi connectivity index (χ4n) is 20.1. The van der Waals surface area contributed by atoms with Crippen molar-refractivity contribution in [2.24, 2.45) is 0 Å². The first-order valence-electron chi connectivity index (χ1n) is 47.8. The Morgan fingerprint density at radius 2 is 0.570 bits per heavy atom. The van der Waals surface area contributed by atoms with Gasteiger partial charge in [0.15, 0.2) is 23.3 Å². The number of aliphatic hydroxyl groups is 4. The van der Waals surface area contributed by atoms with Gasteiger partial charge in [-0.25, -0.2) is 39.9 Å². The Labute approximate surface area is 814 Å².